The fourth-order valence-electron chi connectivity index (χ4n) is 3.10. The highest BCUT2D eigenvalue weighted by Crippen LogP contribution is 2.25. The lowest BCUT2D eigenvalue weighted by Crippen LogP contribution is -2.33. The number of aromatic amines is 2. The van der Waals surface area contributed by atoms with Crippen LogP contribution in [0.4, 0.5) is 0 Å². The lowest BCUT2D eigenvalue weighted by Gasteiger charge is -2.22. The number of H-pyrrole nitrogens is 2. The van der Waals surface area contributed by atoms with Gasteiger partial charge < -0.3 is 10.3 Å². The Balaban J connectivity index is 1.67. The van der Waals surface area contributed by atoms with Crippen LogP contribution in [0.25, 0.3) is 16.7 Å². The quantitative estimate of drug-likeness (QED) is 0.505. The van der Waals surface area contributed by atoms with Crippen molar-refractivity contribution in [3.05, 3.63) is 64.5 Å². The van der Waals surface area contributed by atoms with Crippen LogP contribution in [0.1, 0.15) is 42.5 Å². The van der Waals surface area contributed by atoms with E-state index < -0.39 is 0 Å². The third kappa shape index (κ3) is 3.10. The highest BCUT2D eigenvalue weighted by Gasteiger charge is 2.24. The second-order valence-electron chi connectivity index (χ2n) is 6.65. The molecular formula is C19H20N6O2. The molecule has 0 aliphatic carbocycles. The second kappa shape index (κ2) is 6.71. The van der Waals surface area contributed by atoms with Crippen molar-refractivity contribution in [2.24, 2.45) is 5.92 Å². The van der Waals surface area contributed by atoms with E-state index in [1.54, 1.807) is 12.1 Å². The molecule has 0 spiro atoms. The highest BCUT2D eigenvalue weighted by molar-refractivity contribution is 5.94. The number of amides is 1. The van der Waals surface area contributed by atoms with E-state index in [4.69, 9.17) is 0 Å². The number of aromatic nitrogens is 5. The molecule has 3 aromatic heterocycles. The van der Waals surface area contributed by atoms with E-state index in [1.807, 2.05) is 24.3 Å². The maximum atomic E-state index is 12.8. The van der Waals surface area contributed by atoms with Gasteiger partial charge in [0, 0.05) is 6.20 Å². The molecule has 27 heavy (non-hydrogen) atoms. The number of hydrogen-bond acceptors (Lipinski definition) is 4. The summed E-state index contributed by atoms with van der Waals surface area (Å²) >= 11 is 0. The molecule has 0 fully saturated rings. The summed E-state index contributed by atoms with van der Waals surface area (Å²) in [5, 5.41) is 9.29. The summed E-state index contributed by atoms with van der Waals surface area (Å²) in [4.78, 5) is 32.5. The normalized spacial score (nSPS) is 13.7. The van der Waals surface area contributed by atoms with Gasteiger partial charge in [-0.05, 0) is 30.2 Å². The Labute approximate surface area is 154 Å². The van der Waals surface area contributed by atoms with Gasteiger partial charge in [-0.1, -0.05) is 32.4 Å². The molecule has 2 atom stereocenters. The van der Waals surface area contributed by atoms with Crippen LogP contribution in [-0.4, -0.2) is 30.5 Å². The zero-order valence-corrected chi connectivity index (χ0v) is 15.1. The average Bonchev–Trinajstić information content (AvgIpc) is 3.28. The number of nitrogens with zero attached hydrogens (tertiary/aromatic N) is 3. The largest absolute Gasteiger partial charge is 0.347 e. The highest BCUT2D eigenvalue weighted by atomic mass is 16.2. The zero-order valence-electron chi connectivity index (χ0n) is 15.1. The lowest BCUT2D eigenvalue weighted by atomic mass is 9.98. The van der Waals surface area contributed by atoms with E-state index in [0.717, 1.165) is 23.3 Å². The number of pyridine rings is 1. The summed E-state index contributed by atoms with van der Waals surface area (Å²) in [6.07, 6.45) is 2.37. The first-order chi connectivity index (χ1) is 13.1. The molecule has 8 nitrogen and oxygen atoms in total. The molecule has 0 radical (unpaired) electrons. The Morgan fingerprint density at radius 2 is 2.07 bits per heavy atom. The summed E-state index contributed by atoms with van der Waals surface area (Å²) in [6, 6.07) is 10.8. The Bertz CT molecular complexity index is 1140. The number of carbonyl (C=O) groups excluding carboxylic acids is 1. The van der Waals surface area contributed by atoms with Crippen LogP contribution in [0.3, 0.4) is 0 Å². The number of hydrogen-bond donors (Lipinski definition) is 3. The van der Waals surface area contributed by atoms with Crippen molar-refractivity contribution in [2.45, 2.75) is 26.3 Å². The standard InChI is InChI=1S/C19H20N6O2/c1-3-11(2)16(17-20-13-6-4-5-7-14(13)21-17)22-18(26)12-8-9-15-23-24-19(27)25(15)10-12/h4-11,16H,3H2,1-2H3,(H,20,21)(H,22,26)(H,24,27). The molecule has 0 aliphatic rings. The van der Waals surface area contributed by atoms with Crippen LogP contribution in [0.2, 0.25) is 0 Å². The minimum absolute atomic E-state index is 0.176. The van der Waals surface area contributed by atoms with Gasteiger partial charge in [0.05, 0.1) is 22.6 Å². The first-order valence-corrected chi connectivity index (χ1v) is 8.89. The summed E-state index contributed by atoms with van der Waals surface area (Å²) in [5.74, 6) is 0.631. The van der Waals surface area contributed by atoms with E-state index >= 15 is 0 Å². The van der Waals surface area contributed by atoms with Crippen LogP contribution in [-0.2, 0) is 0 Å². The molecule has 8 heteroatoms. The third-order valence-electron chi connectivity index (χ3n) is 4.88. The predicted molar refractivity (Wildman–Crippen MR) is 102 cm³/mol. The van der Waals surface area contributed by atoms with Gasteiger partial charge in [0.1, 0.15) is 5.82 Å². The first kappa shape index (κ1) is 17.0. The van der Waals surface area contributed by atoms with E-state index in [2.05, 4.69) is 39.3 Å². The fraction of sp³-hybridized carbons (Fsp3) is 0.263. The number of carbonyl (C=O) groups is 1. The first-order valence-electron chi connectivity index (χ1n) is 8.89. The van der Waals surface area contributed by atoms with Gasteiger partial charge in [-0.3, -0.25) is 4.79 Å². The van der Waals surface area contributed by atoms with Gasteiger partial charge in [0.15, 0.2) is 5.65 Å². The molecule has 4 rings (SSSR count). The monoisotopic (exact) mass is 364 g/mol. The predicted octanol–water partition coefficient (Wildman–Crippen LogP) is 2.42. The van der Waals surface area contributed by atoms with Crippen molar-refractivity contribution in [3.8, 4) is 0 Å². The number of para-hydroxylation sites is 2. The maximum Gasteiger partial charge on any atom is 0.347 e. The van der Waals surface area contributed by atoms with Crippen molar-refractivity contribution in [2.75, 3.05) is 0 Å². The number of fused-ring (bicyclic) bond motifs is 2. The van der Waals surface area contributed by atoms with E-state index in [0.29, 0.717) is 11.2 Å². The molecule has 0 saturated carbocycles. The van der Waals surface area contributed by atoms with Gasteiger partial charge in [0.25, 0.3) is 5.91 Å². The molecule has 0 bridgehead atoms. The van der Waals surface area contributed by atoms with Crippen molar-refractivity contribution in [1.82, 2.24) is 29.9 Å². The fourth-order valence-corrected chi connectivity index (χ4v) is 3.10. The van der Waals surface area contributed by atoms with Crippen LogP contribution in [0.5, 0.6) is 0 Å². The Hall–Kier alpha value is -3.42. The molecule has 0 saturated heterocycles. The van der Waals surface area contributed by atoms with Gasteiger partial charge >= 0.3 is 5.69 Å². The van der Waals surface area contributed by atoms with Crippen molar-refractivity contribution >= 4 is 22.6 Å². The van der Waals surface area contributed by atoms with Gasteiger partial charge in [-0.25, -0.2) is 19.3 Å². The van der Waals surface area contributed by atoms with Crippen molar-refractivity contribution < 1.29 is 4.79 Å². The summed E-state index contributed by atoms with van der Waals surface area (Å²) in [6.45, 7) is 4.14. The molecule has 138 valence electrons. The molecule has 3 N–H and O–H groups in total. The second-order valence-corrected chi connectivity index (χ2v) is 6.65. The van der Waals surface area contributed by atoms with Gasteiger partial charge in [-0.15, -0.1) is 0 Å². The Morgan fingerprint density at radius 3 is 2.85 bits per heavy atom. The summed E-state index contributed by atoms with van der Waals surface area (Å²) in [5.41, 5.74) is 2.26. The molecular weight excluding hydrogens is 344 g/mol. The van der Waals surface area contributed by atoms with E-state index in [1.165, 1.54) is 10.6 Å². The summed E-state index contributed by atoms with van der Waals surface area (Å²) < 4.78 is 1.31. The number of imidazole rings is 1. The molecule has 1 aromatic carbocycles. The van der Waals surface area contributed by atoms with Crippen LogP contribution in [0, 0.1) is 5.92 Å². The SMILES string of the molecule is CCC(C)C(NC(=O)c1ccc2n[nH]c(=O)n2c1)c1nc2ccccc2[nH]1. The topological polar surface area (TPSA) is 108 Å². The number of nitrogens with one attached hydrogen (secondary N) is 3. The summed E-state index contributed by atoms with van der Waals surface area (Å²) in [7, 11) is 0. The minimum atomic E-state index is -0.379. The molecule has 0 aliphatic heterocycles. The number of rotatable bonds is 5. The van der Waals surface area contributed by atoms with E-state index in [9.17, 15) is 9.59 Å². The molecule has 1 amide bonds. The van der Waals surface area contributed by atoms with Crippen LogP contribution >= 0.6 is 0 Å². The van der Waals surface area contributed by atoms with Crippen LogP contribution in [0.15, 0.2) is 47.4 Å². The lowest BCUT2D eigenvalue weighted by molar-refractivity contribution is 0.0920. The zero-order chi connectivity index (χ0) is 19.0. The van der Waals surface area contributed by atoms with Crippen molar-refractivity contribution in [3.63, 3.8) is 0 Å². The maximum absolute atomic E-state index is 12.8. The third-order valence-corrected chi connectivity index (χ3v) is 4.88. The molecule has 2 unspecified atom stereocenters. The number of benzene rings is 1. The molecule has 4 aromatic rings. The van der Waals surface area contributed by atoms with E-state index in [-0.39, 0.29) is 23.6 Å². The molecule has 3 heterocycles. The minimum Gasteiger partial charge on any atom is -0.342 e. The smallest absolute Gasteiger partial charge is 0.342 e. The Morgan fingerprint density at radius 1 is 1.26 bits per heavy atom. The van der Waals surface area contributed by atoms with Gasteiger partial charge in [0.2, 0.25) is 0 Å². The van der Waals surface area contributed by atoms with Crippen LogP contribution < -0.4 is 11.0 Å². The van der Waals surface area contributed by atoms with Crippen molar-refractivity contribution in [1.29, 1.82) is 0 Å². The Kier molecular flexibility index (Phi) is 4.23. The average molecular weight is 364 g/mol. The van der Waals surface area contributed by atoms with Gasteiger partial charge in [-0.2, -0.15) is 5.10 Å².